The van der Waals surface area contributed by atoms with Gasteiger partial charge in [-0.2, -0.15) is 4.31 Å². The number of anilines is 2. The van der Waals surface area contributed by atoms with Crippen molar-refractivity contribution in [2.24, 2.45) is 0 Å². The van der Waals surface area contributed by atoms with Crippen LogP contribution in [0.3, 0.4) is 0 Å². The predicted molar refractivity (Wildman–Crippen MR) is 113 cm³/mol. The summed E-state index contributed by atoms with van der Waals surface area (Å²) >= 11 is 6.10. The first-order valence-electron chi connectivity index (χ1n) is 9.76. The summed E-state index contributed by atoms with van der Waals surface area (Å²) in [6.45, 7) is 4.62. The molecule has 8 heteroatoms. The number of rotatable bonds is 4. The van der Waals surface area contributed by atoms with E-state index >= 15 is 0 Å². The number of hydrogen-bond donors (Lipinski definition) is 0. The molecule has 0 bridgehead atoms. The first-order chi connectivity index (χ1) is 13.5. The van der Waals surface area contributed by atoms with Gasteiger partial charge in [-0.1, -0.05) is 24.1 Å². The Kier molecular flexibility index (Phi) is 5.75. The van der Waals surface area contributed by atoms with E-state index in [0.717, 1.165) is 62.0 Å². The summed E-state index contributed by atoms with van der Waals surface area (Å²) in [5.41, 5.74) is 1.13. The van der Waals surface area contributed by atoms with Gasteiger partial charge in [0.2, 0.25) is 10.0 Å². The summed E-state index contributed by atoms with van der Waals surface area (Å²) in [4.78, 5) is 9.24. The van der Waals surface area contributed by atoms with E-state index in [1.165, 1.54) is 6.20 Å². The molecule has 2 aromatic rings. The molecule has 2 fully saturated rings. The molecule has 150 valence electrons. The van der Waals surface area contributed by atoms with Gasteiger partial charge in [-0.25, -0.2) is 13.4 Å². The number of piperazine rings is 1. The van der Waals surface area contributed by atoms with Crippen molar-refractivity contribution in [2.75, 3.05) is 49.1 Å². The molecule has 0 saturated carbocycles. The first kappa shape index (κ1) is 19.5. The standard InChI is InChI=1S/C20H25ClN4O2S/c21-17-5-4-6-18(15-17)23-11-13-24(14-12-23)20-8-7-19(16-22-20)28(26,27)25-9-2-1-3-10-25/h4-8,15-16H,1-3,9-14H2. The molecule has 6 nitrogen and oxygen atoms in total. The number of pyridine rings is 1. The predicted octanol–water partition coefficient (Wildman–Crippen LogP) is 3.24. The Morgan fingerprint density at radius 1 is 0.857 bits per heavy atom. The van der Waals surface area contributed by atoms with Crippen LogP contribution in [-0.4, -0.2) is 57.0 Å². The number of piperidine rings is 1. The van der Waals surface area contributed by atoms with Gasteiger partial charge < -0.3 is 9.80 Å². The van der Waals surface area contributed by atoms with Crippen LogP contribution in [0.2, 0.25) is 5.02 Å². The number of hydrogen-bond acceptors (Lipinski definition) is 5. The fourth-order valence-electron chi connectivity index (χ4n) is 3.83. The maximum atomic E-state index is 12.8. The molecular weight excluding hydrogens is 396 g/mol. The Bertz CT molecular complexity index is 906. The lowest BCUT2D eigenvalue weighted by Crippen LogP contribution is -2.46. The molecule has 0 aliphatic carbocycles. The highest BCUT2D eigenvalue weighted by molar-refractivity contribution is 7.89. The minimum atomic E-state index is -3.43. The van der Waals surface area contributed by atoms with Crippen LogP contribution in [0.25, 0.3) is 0 Å². The molecule has 2 aliphatic heterocycles. The number of benzene rings is 1. The van der Waals surface area contributed by atoms with Gasteiger partial charge >= 0.3 is 0 Å². The smallest absolute Gasteiger partial charge is 0.244 e. The highest BCUT2D eigenvalue weighted by atomic mass is 35.5. The van der Waals surface area contributed by atoms with E-state index in [1.807, 2.05) is 24.3 Å². The van der Waals surface area contributed by atoms with E-state index in [-0.39, 0.29) is 4.90 Å². The molecule has 2 aliphatic rings. The highest BCUT2D eigenvalue weighted by Crippen LogP contribution is 2.24. The van der Waals surface area contributed by atoms with Gasteiger partial charge in [0.15, 0.2) is 0 Å². The molecular formula is C20H25ClN4O2S. The number of aromatic nitrogens is 1. The fourth-order valence-corrected chi connectivity index (χ4v) is 5.48. The highest BCUT2D eigenvalue weighted by Gasteiger charge is 2.26. The molecule has 0 atom stereocenters. The van der Waals surface area contributed by atoms with E-state index in [4.69, 9.17) is 11.6 Å². The van der Waals surface area contributed by atoms with Crippen LogP contribution in [-0.2, 0) is 10.0 Å². The van der Waals surface area contributed by atoms with Crippen LogP contribution in [0.1, 0.15) is 19.3 Å². The second-order valence-electron chi connectivity index (χ2n) is 7.27. The molecule has 0 spiro atoms. The maximum absolute atomic E-state index is 12.8. The zero-order chi connectivity index (χ0) is 19.6. The third kappa shape index (κ3) is 4.11. The SMILES string of the molecule is O=S(=O)(c1ccc(N2CCN(c3cccc(Cl)c3)CC2)nc1)N1CCCCC1. The maximum Gasteiger partial charge on any atom is 0.244 e. The largest absolute Gasteiger partial charge is 0.368 e. The minimum absolute atomic E-state index is 0.288. The summed E-state index contributed by atoms with van der Waals surface area (Å²) in [6, 6.07) is 11.4. The molecule has 28 heavy (non-hydrogen) atoms. The van der Waals surface area contributed by atoms with Crippen LogP contribution < -0.4 is 9.80 Å². The molecule has 1 aromatic heterocycles. The van der Waals surface area contributed by atoms with Gasteiger partial charge in [0.25, 0.3) is 0 Å². The van der Waals surface area contributed by atoms with Crippen molar-refractivity contribution in [3.63, 3.8) is 0 Å². The quantitative estimate of drug-likeness (QED) is 0.760. The van der Waals surface area contributed by atoms with Crippen molar-refractivity contribution >= 4 is 33.1 Å². The molecule has 0 radical (unpaired) electrons. The first-order valence-corrected chi connectivity index (χ1v) is 11.6. The lowest BCUT2D eigenvalue weighted by molar-refractivity contribution is 0.346. The lowest BCUT2D eigenvalue weighted by Gasteiger charge is -2.36. The summed E-state index contributed by atoms with van der Waals surface area (Å²) < 4.78 is 27.1. The van der Waals surface area contributed by atoms with Crippen LogP contribution in [0, 0.1) is 0 Å². The van der Waals surface area contributed by atoms with Gasteiger partial charge in [0.05, 0.1) is 0 Å². The molecule has 0 N–H and O–H groups in total. The van der Waals surface area contributed by atoms with Gasteiger partial charge in [-0.05, 0) is 43.2 Å². The molecule has 0 unspecified atom stereocenters. The number of halogens is 1. The van der Waals surface area contributed by atoms with E-state index in [0.29, 0.717) is 13.1 Å². The van der Waals surface area contributed by atoms with Crippen molar-refractivity contribution in [3.05, 3.63) is 47.6 Å². The Balaban J connectivity index is 1.41. The second kappa shape index (κ2) is 8.27. The third-order valence-electron chi connectivity index (χ3n) is 5.45. The summed E-state index contributed by atoms with van der Waals surface area (Å²) in [6.07, 6.45) is 4.47. The van der Waals surface area contributed by atoms with Gasteiger partial charge in [-0.3, -0.25) is 0 Å². The second-order valence-corrected chi connectivity index (χ2v) is 9.65. The van der Waals surface area contributed by atoms with E-state index in [1.54, 1.807) is 10.4 Å². The Labute approximate surface area is 171 Å². The Hall–Kier alpha value is -1.83. The third-order valence-corrected chi connectivity index (χ3v) is 7.57. The van der Waals surface area contributed by atoms with Gasteiger partial charge in [0, 0.05) is 56.2 Å². The zero-order valence-corrected chi connectivity index (χ0v) is 17.4. The zero-order valence-electron chi connectivity index (χ0n) is 15.8. The van der Waals surface area contributed by atoms with Crippen molar-refractivity contribution in [1.29, 1.82) is 0 Å². The van der Waals surface area contributed by atoms with Crippen LogP contribution in [0.5, 0.6) is 0 Å². The Morgan fingerprint density at radius 2 is 1.57 bits per heavy atom. The topological polar surface area (TPSA) is 56.8 Å². The summed E-state index contributed by atoms with van der Waals surface area (Å²) in [5.74, 6) is 0.823. The lowest BCUT2D eigenvalue weighted by atomic mass is 10.2. The number of sulfonamides is 1. The van der Waals surface area contributed by atoms with Crippen LogP contribution >= 0.6 is 11.6 Å². The van der Waals surface area contributed by atoms with E-state index < -0.39 is 10.0 Å². The van der Waals surface area contributed by atoms with E-state index in [9.17, 15) is 8.42 Å². The molecule has 3 heterocycles. The summed E-state index contributed by atoms with van der Waals surface area (Å²) in [7, 11) is -3.43. The van der Waals surface area contributed by atoms with Crippen molar-refractivity contribution < 1.29 is 8.42 Å². The average Bonchev–Trinajstić information content (AvgIpc) is 2.75. The fraction of sp³-hybridized carbons (Fsp3) is 0.450. The normalized spacial score (nSPS) is 19.0. The van der Waals surface area contributed by atoms with Gasteiger partial charge in [0.1, 0.15) is 10.7 Å². The van der Waals surface area contributed by atoms with Crippen molar-refractivity contribution in [1.82, 2.24) is 9.29 Å². The number of nitrogens with zero attached hydrogens (tertiary/aromatic N) is 4. The average molecular weight is 421 g/mol. The van der Waals surface area contributed by atoms with E-state index in [2.05, 4.69) is 20.9 Å². The monoisotopic (exact) mass is 420 g/mol. The van der Waals surface area contributed by atoms with Crippen molar-refractivity contribution in [2.45, 2.75) is 24.2 Å². The summed E-state index contributed by atoms with van der Waals surface area (Å²) in [5, 5.41) is 0.743. The minimum Gasteiger partial charge on any atom is -0.368 e. The van der Waals surface area contributed by atoms with Crippen LogP contribution in [0.15, 0.2) is 47.5 Å². The molecule has 2 saturated heterocycles. The molecule has 4 rings (SSSR count). The molecule has 0 amide bonds. The van der Waals surface area contributed by atoms with Crippen molar-refractivity contribution in [3.8, 4) is 0 Å². The van der Waals surface area contributed by atoms with Gasteiger partial charge in [-0.15, -0.1) is 0 Å². The molecule has 1 aromatic carbocycles. The Morgan fingerprint density at radius 3 is 2.21 bits per heavy atom. The van der Waals surface area contributed by atoms with Crippen LogP contribution in [0.4, 0.5) is 11.5 Å².